The maximum atomic E-state index is 11.6. The number of hydrogen-bond acceptors (Lipinski definition) is 7. The number of carbonyl (C=O) groups is 2. The fourth-order valence-corrected chi connectivity index (χ4v) is 4.08. The van der Waals surface area contributed by atoms with Crippen LogP contribution < -0.4 is 14.2 Å². The molecule has 5 nitrogen and oxygen atoms in total. The zero-order valence-electron chi connectivity index (χ0n) is 14.1. The number of methoxy groups -OCH3 is 1. The normalized spacial score (nSPS) is 10.5. The van der Waals surface area contributed by atoms with Gasteiger partial charge in [-0.05, 0) is 30.7 Å². The van der Waals surface area contributed by atoms with Crippen molar-refractivity contribution in [1.29, 1.82) is 0 Å². The van der Waals surface area contributed by atoms with Gasteiger partial charge in [-0.2, -0.15) is 0 Å². The molecule has 128 valence electrons. The summed E-state index contributed by atoms with van der Waals surface area (Å²) in [6.07, 6.45) is 3.76. The lowest BCUT2D eigenvalue weighted by atomic mass is 10.1. The first-order valence-corrected chi connectivity index (χ1v) is 9.50. The Morgan fingerprint density at radius 3 is 1.79 bits per heavy atom. The predicted molar refractivity (Wildman–Crippen MR) is 96.7 cm³/mol. The molecule has 7 heteroatoms. The summed E-state index contributed by atoms with van der Waals surface area (Å²) in [5, 5.41) is 1.34. The number of ether oxygens (including phenoxy) is 3. The Bertz CT molecular complexity index is 801. The summed E-state index contributed by atoms with van der Waals surface area (Å²) in [7, 11) is 1.56. The monoisotopic (exact) mass is 366 g/mol. The van der Waals surface area contributed by atoms with E-state index in [1.54, 1.807) is 25.3 Å². The van der Waals surface area contributed by atoms with Gasteiger partial charge in [0.25, 0.3) is 0 Å². The van der Waals surface area contributed by atoms with Crippen LogP contribution in [-0.2, 0) is 9.59 Å². The Labute approximate surface area is 149 Å². The van der Waals surface area contributed by atoms with Gasteiger partial charge in [0.15, 0.2) is 11.5 Å². The van der Waals surface area contributed by atoms with Crippen LogP contribution in [0.25, 0.3) is 10.8 Å². The summed E-state index contributed by atoms with van der Waals surface area (Å²) >= 11 is 2.86. The van der Waals surface area contributed by atoms with Gasteiger partial charge in [0, 0.05) is 24.6 Å². The van der Waals surface area contributed by atoms with Crippen molar-refractivity contribution in [3.05, 3.63) is 18.2 Å². The van der Waals surface area contributed by atoms with Crippen molar-refractivity contribution in [3.63, 3.8) is 0 Å². The van der Waals surface area contributed by atoms with E-state index in [-0.39, 0.29) is 0 Å². The fraction of sp³-hybridized carbons (Fsp3) is 0.294. The summed E-state index contributed by atoms with van der Waals surface area (Å²) in [6, 6.07) is 5.34. The van der Waals surface area contributed by atoms with Gasteiger partial charge in [-0.1, -0.05) is 0 Å². The van der Waals surface area contributed by atoms with Crippen LogP contribution in [0.5, 0.6) is 17.2 Å². The molecule has 0 aromatic heterocycles. The predicted octanol–water partition coefficient (Wildman–Crippen LogP) is 4.14. The van der Waals surface area contributed by atoms with E-state index in [4.69, 9.17) is 14.2 Å². The molecule has 0 heterocycles. The number of thioether (sulfide) groups is 2. The highest BCUT2D eigenvalue weighted by atomic mass is 32.2. The van der Waals surface area contributed by atoms with Crippen LogP contribution in [0.3, 0.4) is 0 Å². The van der Waals surface area contributed by atoms with E-state index in [9.17, 15) is 9.59 Å². The maximum Gasteiger partial charge on any atom is 0.308 e. The molecule has 0 saturated carbocycles. The van der Waals surface area contributed by atoms with E-state index in [1.807, 2.05) is 12.5 Å². The second-order valence-corrected chi connectivity index (χ2v) is 6.46. The fourth-order valence-electron chi connectivity index (χ4n) is 2.35. The molecule has 0 spiro atoms. The topological polar surface area (TPSA) is 61.8 Å². The molecule has 2 aromatic carbocycles. The van der Waals surface area contributed by atoms with Gasteiger partial charge >= 0.3 is 11.9 Å². The second-order valence-electron chi connectivity index (χ2n) is 4.82. The highest BCUT2D eigenvalue weighted by Gasteiger charge is 2.23. The number of benzene rings is 2. The van der Waals surface area contributed by atoms with Gasteiger partial charge in [0.1, 0.15) is 5.75 Å². The van der Waals surface area contributed by atoms with E-state index in [1.165, 1.54) is 37.4 Å². The van der Waals surface area contributed by atoms with Crippen molar-refractivity contribution in [2.75, 3.05) is 19.6 Å². The van der Waals surface area contributed by atoms with Crippen molar-refractivity contribution >= 4 is 46.2 Å². The summed E-state index contributed by atoms with van der Waals surface area (Å²) in [5.41, 5.74) is 0. The van der Waals surface area contributed by atoms with Gasteiger partial charge in [-0.25, -0.2) is 0 Å². The zero-order chi connectivity index (χ0) is 17.9. The van der Waals surface area contributed by atoms with Crippen LogP contribution in [0.2, 0.25) is 0 Å². The lowest BCUT2D eigenvalue weighted by Crippen LogP contribution is -2.07. The molecule has 2 rings (SSSR count). The van der Waals surface area contributed by atoms with Crippen molar-refractivity contribution in [3.8, 4) is 17.2 Å². The van der Waals surface area contributed by atoms with Crippen molar-refractivity contribution < 1.29 is 23.8 Å². The SMILES string of the molecule is COc1ccc2c(OC(C)=O)c(SC)c(SC)c(OC(C)=O)c2c1. The van der Waals surface area contributed by atoms with E-state index < -0.39 is 11.9 Å². The molecule has 0 aliphatic carbocycles. The highest BCUT2D eigenvalue weighted by molar-refractivity contribution is 8.01. The first kappa shape index (κ1) is 18.5. The van der Waals surface area contributed by atoms with Crippen LogP contribution in [-0.4, -0.2) is 31.6 Å². The Kier molecular flexibility index (Phi) is 6.01. The third-order valence-electron chi connectivity index (χ3n) is 3.23. The minimum absolute atomic E-state index is 0.408. The second kappa shape index (κ2) is 7.81. The average molecular weight is 366 g/mol. The quantitative estimate of drug-likeness (QED) is 0.448. The molecule has 0 atom stereocenters. The molecule has 0 aliphatic heterocycles. The van der Waals surface area contributed by atoms with E-state index in [0.29, 0.717) is 28.0 Å². The minimum Gasteiger partial charge on any atom is -0.497 e. The Hall–Kier alpha value is -1.86. The molecule has 0 bridgehead atoms. The zero-order valence-corrected chi connectivity index (χ0v) is 15.7. The lowest BCUT2D eigenvalue weighted by molar-refractivity contribution is -0.133. The molecule has 0 unspecified atom stereocenters. The lowest BCUT2D eigenvalue weighted by Gasteiger charge is -2.19. The van der Waals surface area contributed by atoms with Crippen LogP contribution in [0.1, 0.15) is 13.8 Å². The summed E-state index contributed by atoms with van der Waals surface area (Å²) in [5.74, 6) is 0.710. The number of hydrogen-bond donors (Lipinski definition) is 0. The summed E-state index contributed by atoms with van der Waals surface area (Å²) in [6.45, 7) is 2.72. The van der Waals surface area contributed by atoms with Gasteiger partial charge in [0.2, 0.25) is 0 Å². The summed E-state index contributed by atoms with van der Waals surface area (Å²) < 4.78 is 16.2. The van der Waals surface area contributed by atoms with Gasteiger partial charge < -0.3 is 14.2 Å². The smallest absolute Gasteiger partial charge is 0.308 e. The number of fused-ring (bicyclic) bond motifs is 1. The van der Waals surface area contributed by atoms with E-state index in [2.05, 4.69) is 0 Å². The molecular weight excluding hydrogens is 348 g/mol. The molecule has 0 amide bonds. The molecule has 0 fully saturated rings. The van der Waals surface area contributed by atoms with Crippen molar-refractivity contribution in [2.24, 2.45) is 0 Å². The van der Waals surface area contributed by atoms with Crippen molar-refractivity contribution in [2.45, 2.75) is 23.6 Å². The molecular formula is C17H18O5S2. The molecule has 2 aromatic rings. The highest BCUT2D eigenvalue weighted by Crippen LogP contribution is 2.49. The Morgan fingerprint density at radius 1 is 0.875 bits per heavy atom. The molecule has 0 N–H and O–H groups in total. The first-order valence-electron chi connectivity index (χ1n) is 7.05. The van der Waals surface area contributed by atoms with E-state index >= 15 is 0 Å². The average Bonchev–Trinajstić information content (AvgIpc) is 2.55. The largest absolute Gasteiger partial charge is 0.497 e. The van der Waals surface area contributed by atoms with Crippen LogP contribution in [0.15, 0.2) is 28.0 Å². The van der Waals surface area contributed by atoms with Crippen LogP contribution >= 0.6 is 23.5 Å². The van der Waals surface area contributed by atoms with Gasteiger partial charge in [-0.3, -0.25) is 9.59 Å². The molecule has 0 saturated heterocycles. The Morgan fingerprint density at radius 2 is 1.38 bits per heavy atom. The number of rotatable bonds is 5. The van der Waals surface area contributed by atoms with Gasteiger partial charge in [-0.15, -0.1) is 23.5 Å². The van der Waals surface area contributed by atoms with Gasteiger partial charge in [0.05, 0.1) is 16.9 Å². The maximum absolute atomic E-state index is 11.6. The third kappa shape index (κ3) is 3.62. The Balaban J connectivity index is 2.94. The number of carbonyl (C=O) groups excluding carboxylic acids is 2. The van der Waals surface area contributed by atoms with E-state index in [0.717, 1.165) is 9.79 Å². The standard InChI is InChI=1S/C17H18O5S2/c1-9(18)21-14-12-7-6-11(20-3)8-13(12)15(22-10(2)19)17(24-5)16(14)23-4/h6-8H,1-5H3. The first-order chi connectivity index (χ1) is 11.4. The van der Waals surface area contributed by atoms with Crippen LogP contribution in [0.4, 0.5) is 0 Å². The molecule has 0 radical (unpaired) electrons. The summed E-state index contributed by atoms with van der Waals surface area (Å²) in [4.78, 5) is 24.7. The molecule has 0 aliphatic rings. The minimum atomic E-state index is -0.415. The van der Waals surface area contributed by atoms with Crippen molar-refractivity contribution in [1.82, 2.24) is 0 Å². The molecule has 24 heavy (non-hydrogen) atoms. The van der Waals surface area contributed by atoms with Crippen LogP contribution in [0, 0.1) is 0 Å². The third-order valence-corrected chi connectivity index (χ3v) is 4.96. The number of esters is 2.